The number of carbonyl (C=O) groups excluding carboxylic acids is 1. The van der Waals surface area contributed by atoms with Crippen molar-refractivity contribution in [2.45, 2.75) is 85.9 Å². The summed E-state index contributed by atoms with van der Waals surface area (Å²) in [5, 5.41) is 10.8. The van der Waals surface area contributed by atoms with Crippen molar-refractivity contribution >= 4 is 22.9 Å². The first-order chi connectivity index (χ1) is 21.6. The van der Waals surface area contributed by atoms with E-state index in [0.29, 0.717) is 35.7 Å². The lowest BCUT2D eigenvalue weighted by Gasteiger charge is -2.45. The summed E-state index contributed by atoms with van der Waals surface area (Å²) >= 11 is 0. The van der Waals surface area contributed by atoms with Gasteiger partial charge in [0, 0.05) is 36.9 Å². The zero-order valence-electron chi connectivity index (χ0n) is 27.8. The molecule has 0 bridgehead atoms. The van der Waals surface area contributed by atoms with Crippen LogP contribution in [0.3, 0.4) is 0 Å². The highest BCUT2D eigenvalue weighted by Crippen LogP contribution is 2.35. The number of anilines is 1. The quantitative estimate of drug-likeness (QED) is 0.255. The standard InChI is InChI=1S/C35H40FN7O3/c1-19(2)28-30(21(4)12-13-38-28)43-31-26(15-24(16-37)29(39-31)25-14-20(3)10-11-27(25)36)32(40-33(43)44)42-22(5)17-41(18-23(42)6)34(45)46-35(7,8)9/h10-15,19,22-23H,17-18H2,1-9H3/t22-,23+. The van der Waals surface area contributed by atoms with Gasteiger partial charge in [-0.15, -0.1) is 0 Å². The van der Waals surface area contributed by atoms with Gasteiger partial charge in [-0.2, -0.15) is 10.2 Å². The number of fused-ring (bicyclic) bond motifs is 1. The Morgan fingerprint density at radius 3 is 2.37 bits per heavy atom. The lowest BCUT2D eigenvalue weighted by Crippen LogP contribution is -2.59. The molecule has 240 valence electrons. The summed E-state index contributed by atoms with van der Waals surface area (Å²) in [5.74, 6) is -0.226. The number of aromatic nitrogens is 4. The van der Waals surface area contributed by atoms with E-state index in [0.717, 1.165) is 11.1 Å². The molecule has 4 heterocycles. The van der Waals surface area contributed by atoms with Gasteiger partial charge in [0.1, 0.15) is 23.3 Å². The van der Waals surface area contributed by atoms with E-state index in [1.54, 1.807) is 29.3 Å². The molecule has 4 aromatic rings. The average Bonchev–Trinajstić information content (AvgIpc) is 2.97. The van der Waals surface area contributed by atoms with Crippen molar-refractivity contribution in [1.29, 1.82) is 5.26 Å². The molecule has 0 spiro atoms. The van der Waals surface area contributed by atoms with Gasteiger partial charge in [0.15, 0.2) is 5.65 Å². The minimum atomic E-state index is -0.643. The Balaban J connectivity index is 1.80. The average molecular weight is 626 g/mol. The number of piperazine rings is 1. The van der Waals surface area contributed by atoms with Crippen LogP contribution in [0.5, 0.6) is 0 Å². The first kappa shape index (κ1) is 32.5. The summed E-state index contributed by atoms with van der Waals surface area (Å²) in [5.41, 5.74) is 2.26. The van der Waals surface area contributed by atoms with Crippen molar-refractivity contribution in [3.63, 3.8) is 0 Å². The van der Waals surface area contributed by atoms with Gasteiger partial charge >= 0.3 is 11.8 Å². The lowest BCUT2D eigenvalue weighted by atomic mass is 10.0. The van der Waals surface area contributed by atoms with Crippen LogP contribution >= 0.6 is 0 Å². The Kier molecular flexibility index (Phi) is 8.60. The SMILES string of the molecule is Cc1ccc(F)c(-c2nc3c(cc2C#N)c(N2[C@H](C)CN(C(=O)OC(C)(C)C)C[C@@H]2C)nc(=O)n3-c2c(C)ccnc2C(C)C)c1. The molecule has 1 saturated heterocycles. The number of nitriles is 1. The third-order valence-electron chi connectivity index (χ3n) is 8.09. The van der Waals surface area contributed by atoms with E-state index >= 15 is 4.39 Å². The van der Waals surface area contributed by atoms with Crippen LogP contribution in [0.15, 0.2) is 41.3 Å². The maximum absolute atomic E-state index is 15.3. The predicted octanol–water partition coefficient (Wildman–Crippen LogP) is 6.43. The van der Waals surface area contributed by atoms with Crippen molar-refractivity contribution in [1.82, 2.24) is 24.4 Å². The summed E-state index contributed by atoms with van der Waals surface area (Å²) in [6, 6.07) is 9.75. The second-order valence-corrected chi connectivity index (χ2v) is 13.4. The fourth-order valence-electron chi connectivity index (χ4n) is 6.14. The molecule has 1 aliphatic heterocycles. The topological polar surface area (TPSA) is 117 Å². The third kappa shape index (κ3) is 6.04. The first-order valence-electron chi connectivity index (χ1n) is 15.5. The minimum Gasteiger partial charge on any atom is -0.444 e. The highest BCUT2D eigenvalue weighted by molar-refractivity contribution is 5.92. The smallest absolute Gasteiger partial charge is 0.410 e. The number of nitrogens with zero attached hydrogens (tertiary/aromatic N) is 7. The molecule has 0 aliphatic carbocycles. The number of carbonyl (C=O) groups is 1. The molecule has 1 aromatic carbocycles. The summed E-state index contributed by atoms with van der Waals surface area (Å²) < 4.78 is 22.4. The molecule has 1 aliphatic rings. The zero-order valence-corrected chi connectivity index (χ0v) is 27.8. The van der Waals surface area contributed by atoms with E-state index in [1.165, 1.54) is 10.6 Å². The maximum Gasteiger partial charge on any atom is 0.410 e. The van der Waals surface area contributed by atoms with Crippen molar-refractivity contribution in [3.8, 4) is 23.0 Å². The largest absolute Gasteiger partial charge is 0.444 e. The van der Waals surface area contributed by atoms with Gasteiger partial charge in [-0.25, -0.2) is 23.5 Å². The molecule has 0 radical (unpaired) electrons. The minimum absolute atomic E-state index is 0.0374. The number of hydrogen-bond acceptors (Lipinski definition) is 8. The van der Waals surface area contributed by atoms with Crippen LogP contribution in [-0.2, 0) is 4.74 Å². The van der Waals surface area contributed by atoms with E-state index < -0.39 is 23.2 Å². The summed E-state index contributed by atoms with van der Waals surface area (Å²) in [7, 11) is 0. The van der Waals surface area contributed by atoms with Crippen LogP contribution in [0.2, 0.25) is 0 Å². The molecule has 3 aromatic heterocycles. The molecule has 0 N–H and O–H groups in total. The number of pyridine rings is 2. The molecule has 1 fully saturated rings. The molecule has 2 atom stereocenters. The fraction of sp³-hybridized carbons (Fsp3) is 0.429. The normalized spacial score (nSPS) is 17.0. The second kappa shape index (κ2) is 12.2. The summed E-state index contributed by atoms with van der Waals surface area (Å²) in [6.45, 7) is 17.7. The highest BCUT2D eigenvalue weighted by atomic mass is 19.1. The molecule has 0 unspecified atom stereocenters. The van der Waals surface area contributed by atoms with E-state index in [2.05, 4.69) is 16.0 Å². The van der Waals surface area contributed by atoms with Gasteiger partial charge in [-0.1, -0.05) is 25.5 Å². The van der Waals surface area contributed by atoms with E-state index in [1.807, 2.05) is 73.3 Å². The molecule has 10 nitrogen and oxygen atoms in total. The van der Waals surface area contributed by atoms with Gasteiger partial charge in [0.05, 0.1) is 28.0 Å². The molecule has 0 saturated carbocycles. The molecule has 5 rings (SSSR count). The Bertz CT molecular complexity index is 1930. The molecular weight excluding hydrogens is 585 g/mol. The number of hydrogen-bond donors (Lipinski definition) is 0. The molecule has 46 heavy (non-hydrogen) atoms. The lowest BCUT2D eigenvalue weighted by molar-refractivity contribution is 0.0192. The van der Waals surface area contributed by atoms with Gasteiger partial charge in [-0.05, 0) is 84.2 Å². The highest BCUT2D eigenvalue weighted by Gasteiger charge is 2.36. The maximum atomic E-state index is 15.3. The van der Waals surface area contributed by atoms with Crippen molar-refractivity contribution in [2.75, 3.05) is 18.0 Å². The monoisotopic (exact) mass is 625 g/mol. The fourth-order valence-corrected chi connectivity index (χ4v) is 6.14. The van der Waals surface area contributed by atoms with Crippen molar-refractivity contribution in [3.05, 3.63) is 75.2 Å². The zero-order chi connectivity index (χ0) is 33.7. The van der Waals surface area contributed by atoms with Crippen LogP contribution in [0.4, 0.5) is 15.0 Å². The van der Waals surface area contributed by atoms with Crippen LogP contribution in [0.25, 0.3) is 28.0 Å². The van der Waals surface area contributed by atoms with Crippen molar-refractivity contribution < 1.29 is 13.9 Å². The number of halogens is 1. The summed E-state index contributed by atoms with van der Waals surface area (Å²) in [6.07, 6.45) is 1.29. The number of benzene rings is 1. The van der Waals surface area contributed by atoms with Gasteiger partial charge < -0.3 is 14.5 Å². The van der Waals surface area contributed by atoms with Gasteiger partial charge in [0.25, 0.3) is 0 Å². The van der Waals surface area contributed by atoms with Crippen LogP contribution in [0.1, 0.15) is 76.8 Å². The second-order valence-electron chi connectivity index (χ2n) is 13.4. The Morgan fingerprint density at radius 2 is 1.76 bits per heavy atom. The van der Waals surface area contributed by atoms with Crippen LogP contribution < -0.4 is 10.6 Å². The van der Waals surface area contributed by atoms with Gasteiger partial charge in [-0.3, -0.25) is 4.98 Å². The van der Waals surface area contributed by atoms with E-state index in [-0.39, 0.29) is 40.5 Å². The number of amides is 1. The molecular formula is C35H40FN7O3. The Hall–Kier alpha value is -4.85. The predicted molar refractivity (Wildman–Crippen MR) is 176 cm³/mol. The molecule has 1 amide bonds. The van der Waals surface area contributed by atoms with Crippen molar-refractivity contribution in [2.24, 2.45) is 0 Å². The Morgan fingerprint density at radius 1 is 1.09 bits per heavy atom. The number of aryl methyl sites for hydroxylation is 2. The van der Waals surface area contributed by atoms with Crippen LogP contribution in [0, 0.1) is 31.0 Å². The molecule has 11 heteroatoms. The van der Waals surface area contributed by atoms with Gasteiger partial charge in [0.2, 0.25) is 0 Å². The Labute approximate surface area is 268 Å². The first-order valence-corrected chi connectivity index (χ1v) is 15.5. The van der Waals surface area contributed by atoms with E-state index in [4.69, 9.17) is 9.72 Å². The number of ether oxygens (including phenoxy) is 1. The van der Waals surface area contributed by atoms with Crippen LogP contribution in [-0.4, -0.2) is 61.3 Å². The third-order valence-corrected chi connectivity index (χ3v) is 8.09. The summed E-state index contributed by atoms with van der Waals surface area (Å²) in [4.78, 5) is 45.0. The number of rotatable bonds is 4. The van der Waals surface area contributed by atoms with E-state index in [9.17, 15) is 14.9 Å².